The summed E-state index contributed by atoms with van der Waals surface area (Å²) in [5.74, 6) is 0.769. The minimum absolute atomic E-state index is 0.769. The summed E-state index contributed by atoms with van der Waals surface area (Å²) in [7, 11) is 0. The largest absolute Gasteiger partial charge is 0.298 e. The molecule has 0 spiro atoms. The Morgan fingerprint density at radius 3 is 2.85 bits per heavy atom. The molecular weight excluding hydrogens is 288 g/mol. The molecule has 0 saturated carbocycles. The number of nitrogens with zero attached hydrogens (tertiary/aromatic N) is 2. The van der Waals surface area contributed by atoms with Gasteiger partial charge < -0.3 is 0 Å². The third-order valence-electron chi connectivity index (χ3n) is 3.86. The maximum Gasteiger partial charge on any atom is 0.0897 e. The SMILES string of the molecule is Cc1ncc(CN2CCC(Cc3ccc(Cl)cc3)C2)s1. The number of benzene rings is 1. The van der Waals surface area contributed by atoms with Gasteiger partial charge in [-0.25, -0.2) is 4.98 Å². The highest BCUT2D eigenvalue weighted by molar-refractivity contribution is 7.11. The van der Waals surface area contributed by atoms with Crippen molar-refractivity contribution in [3.63, 3.8) is 0 Å². The van der Waals surface area contributed by atoms with Gasteiger partial charge in [-0.1, -0.05) is 23.7 Å². The fourth-order valence-electron chi connectivity index (χ4n) is 2.88. The molecule has 1 aliphatic heterocycles. The molecule has 1 fully saturated rings. The zero-order valence-electron chi connectivity index (χ0n) is 11.7. The minimum atomic E-state index is 0.769. The van der Waals surface area contributed by atoms with Crippen LogP contribution in [0.15, 0.2) is 30.5 Å². The Morgan fingerprint density at radius 1 is 1.35 bits per heavy atom. The highest BCUT2D eigenvalue weighted by Gasteiger charge is 2.23. The van der Waals surface area contributed by atoms with Crippen molar-refractivity contribution in [2.45, 2.75) is 26.3 Å². The van der Waals surface area contributed by atoms with Gasteiger partial charge in [-0.05, 0) is 49.9 Å². The van der Waals surface area contributed by atoms with Crippen molar-refractivity contribution in [2.24, 2.45) is 5.92 Å². The van der Waals surface area contributed by atoms with Crippen LogP contribution < -0.4 is 0 Å². The summed E-state index contributed by atoms with van der Waals surface area (Å²) in [6.45, 7) is 5.53. The quantitative estimate of drug-likeness (QED) is 0.843. The molecular formula is C16H19ClN2S. The highest BCUT2D eigenvalue weighted by Crippen LogP contribution is 2.24. The number of hydrogen-bond acceptors (Lipinski definition) is 3. The van der Waals surface area contributed by atoms with Crippen molar-refractivity contribution >= 4 is 22.9 Å². The first kappa shape index (κ1) is 14.1. The standard InChI is InChI=1S/C16H19ClN2S/c1-12-18-9-16(20-12)11-19-7-6-14(10-19)8-13-2-4-15(17)5-3-13/h2-5,9,14H,6-8,10-11H2,1H3. The van der Waals surface area contributed by atoms with Crippen LogP contribution in [0.2, 0.25) is 5.02 Å². The summed E-state index contributed by atoms with van der Waals surface area (Å²) in [6, 6.07) is 8.28. The van der Waals surface area contributed by atoms with Crippen molar-refractivity contribution in [2.75, 3.05) is 13.1 Å². The Hall–Kier alpha value is -0.900. The number of hydrogen-bond donors (Lipinski definition) is 0. The lowest BCUT2D eigenvalue weighted by molar-refractivity contribution is 0.319. The molecule has 106 valence electrons. The summed E-state index contributed by atoms with van der Waals surface area (Å²) in [5.41, 5.74) is 1.40. The number of likely N-dealkylation sites (tertiary alicyclic amines) is 1. The lowest BCUT2D eigenvalue weighted by Gasteiger charge is -2.14. The zero-order valence-corrected chi connectivity index (χ0v) is 13.3. The van der Waals surface area contributed by atoms with E-state index >= 15 is 0 Å². The van der Waals surface area contributed by atoms with Crippen molar-refractivity contribution in [3.8, 4) is 0 Å². The first-order valence-corrected chi connectivity index (χ1v) is 8.26. The van der Waals surface area contributed by atoms with E-state index in [4.69, 9.17) is 11.6 Å². The Morgan fingerprint density at radius 2 is 2.15 bits per heavy atom. The van der Waals surface area contributed by atoms with Crippen molar-refractivity contribution in [1.29, 1.82) is 0 Å². The molecule has 1 saturated heterocycles. The van der Waals surface area contributed by atoms with Crippen LogP contribution in [0.5, 0.6) is 0 Å². The fourth-order valence-corrected chi connectivity index (χ4v) is 3.84. The molecule has 4 heteroatoms. The van der Waals surface area contributed by atoms with E-state index in [1.807, 2.05) is 29.7 Å². The number of aryl methyl sites for hydroxylation is 1. The second-order valence-corrected chi connectivity index (χ2v) is 7.32. The van der Waals surface area contributed by atoms with Crippen LogP contribution in [-0.4, -0.2) is 23.0 Å². The van der Waals surface area contributed by atoms with Crippen LogP contribution in [0.25, 0.3) is 0 Å². The molecule has 2 heterocycles. The van der Waals surface area contributed by atoms with E-state index in [-0.39, 0.29) is 0 Å². The number of halogens is 1. The van der Waals surface area contributed by atoms with Crippen molar-refractivity contribution < 1.29 is 0 Å². The first-order chi connectivity index (χ1) is 9.69. The first-order valence-electron chi connectivity index (χ1n) is 7.07. The van der Waals surface area contributed by atoms with Crippen LogP contribution >= 0.6 is 22.9 Å². The van der Waals surface area contributed by atoms with E-state index in [0.29, 0.717) is 0 Å². The Balaban J connectivity index is 1.53. The molecule has 0 N–H and O–H groups in total. The predicted octanol–water partition coefficient (Wildman–Crippen LogP) is 4.17. The monoisotopic (exact) mass is 306 g/mol. The van der Waals surface area contributed by atoms with Gasteiger partial charge in [-0.3, -0.25) is 4.90 Å². The predicted molar refractivity (Wildman–Crippen MR) is 85.4 cm³/mol. The van der Waals surface area contributed by atoms with Crippen LogP contribution in [-0.2, 0) is 13.0 Å². The molecule has 1 unspecified atom stereocenters. The van der Waals surface area contributed by atoms with Crippen LogP contribution in [0, 0.1) is 12.8 Å². The Bertz CT molecular complexity index is 564. The number of rotatable bonds is 4. The van der Waals surface area contributed by atoms with E-state index in [1.165, 1.54) is 30.0 Å². The van der Waals surface area contributed by atoms with Crippen LogP contribution in [0.3, 0.4) is 0 Å². The second kappa shape index (κ2) is 6.25. The molecule has 0 bridgehead atoms. The van der Waals surface area contributed by atoms with Gasteiger partial charge in [0.2, 0.25) is 0 Å². The lowest BCUT2D eigenvalue weighted by Crippen LogP contribution is -2.20. The van der Waals surface area contributed by atoms with Gasteiger partial charge >= 0.3 is 0 Å². The topological polar surface area (TPSA) is 16.1 Å². The molecule has 0 amide bonds. The van der Waals surface area contributed by atoms with Crippen LogP contribution in [0.4, 0.5) is 0 Å². The molecule has 0 aliphatic carbocycles. The van der Waals surface area contributed by atoms with Gasteiger partial charge in [0.05, 0.1) is 5.01 Å². The molecule has 0 radical (unpaired) electrons. The molecule has 1 aliphatic rings. The van der Waals surface area contributed by atoms with Gasteiger partial charge in [-0.2, -0.15) is 0 Å². The van der Waals surface area contributed by atoms with Crippen molar-refractivity contribution in [1.82, 2.24) is 9.88 Å². The molecule has 3 rings (SSSR count). The molecule has 2 aromatic rings. The highest BCUT2D eigenvalue weighted by atomic mass is 35.5. The normalized spacial score (nSPS) is 19.6. The minimum Gasteiger partial charge on any atom is -0.298 e. The van der Waals surface area contributed by atoms with E-state index in [1.54, 1.807) is 0 Å². The molecule has 1 atom stereocenters. The maximum absolute atomic E-state index is 5.93. The summed E-state index contributed by atoms with van der Waals surface area (Å²) in [6.07, 6.45) is 4.47. The maximum atomic E-state index is 5.93. The smallest absolute Gasteiger partial charge is 0.0897 e. The molecule has 20 heavy (non-hydrogen) atoms. The lowest BCUT2D eigenvalue weighted by atomic mass is 9.99. The third kappa shape index (κ3) is 3.60. The molecule has 1 aromatic carbocycles. The Labute approximate surface area is 129 Å². The summed E-state index contributed by atoms with van der Waals surface area (Å²) in [4.78, 5) is 8.27. The number of thiazole rings is 1. The van der Waals surface area contributed by atoms with Crippen LogP contribution in [0.1, 0.15) is 21.9 Å². The molecule has 2 nitrogen and oxygen atoms in total. The third-order valence-corrected chi connectivity index (χ3v) is 5.01. The van der Waals surface area contributed by atoms with Gasteiger partial charge in [0, 0.05) is 29.2 Å². The summed E-state index contributed by atoms with van der Waals surface area (Å²) >= 11 is 7.74. The summed E-state index contributed by atoms with van der Waals surface area (Å²) in [5, 5.41) is 1.99. The Kier molecular flexibility index (Phi) is 4.39. The average molecular weight is 307 g/mol. The van der Waals surface area contributed by atoms with Gasteiger partial charge in [0.25, 0.3) is 0 Å². The van der Waals surface area contributed by atoms with Gasteiger partial charge in [0.15, 0.2) is 0 Å². The van der Waals surface area contributed by atoms with Gasteiger partial charge in [-0.15, -0.1) is 11.3 Å². The van der Waals surface area contributed by atoms with Crippen molar-refractivity contribution in [3.05, 3.63) is 50.9 Å². The van der Waals surface area contributed by atoms with E-state index in [0.717, 1.165) is 28.9 Å². The second-order valence-electron chi connectivity index (χ2n) is 5.57. The zero-order chi connectivity index (χ0) is 13.9. The molecule has 1 aromatic heterocycles. The average Bonchev–Trinajstić information content (AvgIpc) is 3.02. The van der Waals surface area contributed by atoms with E-state index in [9.17, 15) is 0 Å². The fraction of sp³-hybridized carbons (Fsp3) is 0.438. The number of aromatic nitrogens is 1. The summed E-state index contributed by atoms with van der Waals surface area (Å²) < 4.78 is 0. The van der Waals surface area contributed by atoms with E-state index < -0.39 is 0 Å². The van der Waals surface area contributed by atoms with E-state index in [2.05, 4.69) is 28.9 Å². The van der Waals surface area contributed by atoms with Gasteiger partial charge in [0.1, 0.15) is 0 Å².